The van der Waals surface area contributed by atoms with Crippen LogP contribution in [0.15, 0.2) is 29.4 Å². The van der Waals surface area contributed by atoms with E-state index in [-0.39, 0.29) is 11.2 Å². The summed E-state index contributed by atoms with van der Waals surface area (Å²) in [5.41, 5.74) is 1.14. The fourth-order valence-corrected chi connectivity index (χ4v) is 3.07. The lowest BCUT2D eigenvalue weighted by Crippen LogP contribution is -2.22. The van der Waals surface area contributed by atoms with Gasteiger partial charge in [-0.2, -0.15) is 5.26 Å². The van der Waals surface area contributed by atoms with Gasteiger partial charge in [-0.05, 0) is 38.0 Å². The Kier molecular flexibility index (Phi) is 4.35. The number of anilines is 1. The molecule has 1 fully saturated rings. The third kappa shape index (κ3) is 3.54. The standard InChI is InChI=1S/C16H17N5OS/c1-10(15(22)18-13-5-3-4-11(8-13)9-17)23-16-20-19-14(21(16)2)12-6-7-12/h3-5,8,10,12H,6-7H2,1-2H3,(H,18,22)/t10-/m1/s1. The highest BCUT2D eigenvalue weighted by molar-refractivity contribution is 8.00. The van der Waals surface area contributed by atoms with Crippen molar-refractivity contribution in [2.75, 3.05) is 5.32 Å². The zero-order valence-electron chi connectivity index (χ0n) is 13.0. The van der Waals surface area contributed by atoms with Crippen LogP contribution >= 0.6 is 11.8 Å². The summed E-state index contributed by atoms with van der Waals surface area (Å²) in [5, 5.41) is 20.6. The van der Waals surface area contributed by atoms with Gasteiger partial charge in [0.2, 0.25) is 5.91 Å². The molecule has 0 unspecified atom stereocenters. The molecule has 3 rings (SSSR count). The molecular weight excluding hydrogens is 310 g/mol. The van der Waals surface area contributed by atoms with Gasteiger partial charge in [-0.15, -0.1) is 10.2 Å². The van der Waals surface area contributed by atoms with E-state index in [0.29, 0.717) is 17.2 Å². The van der Waals surface area contributed by atoms with Crippen LogP contribution in [-0.2, 0) is 11.8 Å². The van der Waals surface area contributed by atoms with E-state index in [0.717, 1.165) is 11.0 Å². The van der Waals surface area contributed by atoms with Gasteiger partial charge in [0.15, 0.2) is 5.16 Å². The first-order chi connectivity index (χ1) is 11.1. The topological polar surface area (TPSA) is 83.6 Å². The maximum atomic E-state index is 12.3. The average Bonchev–Trinajstić information content (AvgIpc) is 3.33. The minimum Gasteiger partial charge on any atom is -0.325 e. The Morgan fingerprint density at radius 2 is 2.26 bits per heavy atom. The maximum Gasteiger partial charge on any atom is 0.237 e. The van der Waals surface area contributed by atoms with Gasteiger partial charge < -0.3 is 9.88 Å². The van der Waals surface area contributed by atoms with Crippen LogP contribution in [0.3, 0.4) is 0 Å². The van der Waals surface area contributed by atoms with Gasteiger partial charge >= 0.3 is 0 Å². The predicted octanol–water partition coefficient (Wildman–Crippen LogP) is 2.68. The van der Waals surface area contributed by atoms with Gasteiger partial charge in [0.05, 0.1) is 16.9 Å². The van der Waals surface area contributed by atoms with Gasteiger partial charge in [-0.25, -0.2) is 0 Å². The van der Waals surface area contributed by atoms with Crippen molar-refractivity contribution in [2.45, 2.75) is 36.1 Å². The average molecular weight is 327 g/mol. The van der Waals surface area contributed by atoms with E-state index < -0.39 is 0 Å². The number of aromatic nitrogens is 3. The molecular formula is C16H17N5OS. The Morgan fingerprint density at radius 3 is 2.96 bits per heavy atom. The Morgan fingerprint density at radius 1 is 1.48 bits per heavy atom. The SMILES string of the molecule is C[C@@H](Sc1nnc(C2CC2)n1C)C(=O)Nc1cccc(C#N)c1. The maximum absolute atomic E-state index is 12.3. The molecule has 0 aliphatic heterocycles. The van der Waals surface area contributed by atoms with Crippen molar-refractivity contribution in [3.05, 3.63) is 35.7 Å². The third-order valence-corrected chi connectivity index (χ3v) is 4.86. The van der Waals surface area contributed by atoms with Crippen LogP contribution < -0.4 is 5.32 Å². The van der Waals surface area contributed by atoms with E-state index in [9.17, 15) is 4.79 Å². The fraction of sp³-hybridized carbons (Fsp3) is 0.375. The fourth-order valence-electron chi connectivity index (χ4n) is 2.25. The number of nitrogens with one attached hydrogen (secondary N) is 1. The molecule has 1 saturated carbocycles. The summed E-state index contributed by atoms with van der Waals surface area (Å²) in [6, 6.07) is 8.93. The first-order valence-electron chi connectivity index (χ1n) is 7.45. The second-order valence-corrected chi connectivity index (χ2v) is 6.92. The number of carbonyl (C=O) groups is 1. The molecule has 23 heavy (non-hydrogen) atoms. The van der Waals surface area contributed by atoms with E-state index >= 15 is 0 Å². The lowest BCUT2D eigenvalue weighted by atomic mass is 10.2. The summed E-state index contributed by atoms with van der Waals surface area (Å²) >= 11 is 1.39. The highest BCUT2D eigenvalue weighted by atomic mass is 32.2. The zero-order chi connectivity index (χ0) is 16.4. The molecule has 1 aliphatic rings. The summed E-state index contributed by atoms with van der Waals surface area (Å²) in [7, 11) is 1.94. The van der Waals surface area contributed by atoms with Crippen molar-refractivity contribution >= 4 is 23.4 Å². The molecule has 6 nitrogen and oxygen atoms in total. The van der Waals surface area contributed by atoms with Gasteiger partial charge in [-0.1, -0.05) is 17.8 Å². The Hall–Kier alpha value is -2.33. The summed E-state index contributed by atoms with van der Waals surface area (Å²) in [6.45, 7) is 1.83. The number of hydrogen-bond acceptors (Lipinski definition) is 5. The monoisotopic (exact) mass is 327 g/mol. The van der Waals surface area contributed by atoms with Crippen LogP contribution in [0.1, 0.15) is 37.1 Å². The summed E-state index contributed by atoms with van der Waals surface area (Å²) in [5.74, 6) is 1.41. The second-order valence-electron chi connectivity index (χ2n) is 5.62. The molecule has 118 valence electrons. The lowest BCUT2D eigenvalue weighted by Gasteiger charge is -2.11. The van der Waals surface area contributed by atoms with Crippen LogP contribution in [-0.4, -0.2) is 25.9 Å². The van der Waals surface area contributed by atoms with Gasteiger partial charge in [0.25, 0.3) is 0 Å². The first kappa shape index (κ1) is 15.6. The van der Waals surface area contributed by atoms with Crippen molar-refractivity contribution in [3.63, 3.8) is 0 Å². The van der Waals surface area contributed by atoms with E-state index in [1.165, 1.54) is 24.6 Å². The number of nitrogens with zero attached hydrogens (tertiary/aromatic N) is 4. The van der Waals surface area contributed by atoms with Crippen LogP contribution in [0, 0.1) is 11.3 Å². The van der Waals surface area contributed by atoms with Crippen molar-refractivity contribution in [1.29, 1.82) is 5.26 Å². The molecule has 1 amide bonds. The quantitative estimate of drug-likeness (QED) is 0.854. The lowest BCUT2D eigenvalue weighted by molar-refractivity contribution is -0.115. The number of carbonyl (C=O) groups excluding carboxylic acids is 1. The van der Waals surface area contributed by atoms with Crippen molar-refractivity contribution < 1.29 is 4.79 Å². The molecule has 0 saturated heterocycles. The molecule has 0 spiro atoms. The highest BCUT2D eigenvalue weighted by Crippen LogP contribution is 2.39. The molecule has 1 N–H and O–H groups in total. The van der Waals surface area contributed by atoms with Gasteiger partial charge in [0.1, 0.15) is 5.82 Å². The smallest absolute Gasteiger partial charge is 0.237 e. The molecule has 7 heteroatoms. The van der Waals surface area contributed by atoms with E-state index in [2.05, 4.69) is 21.6 Å². The van der Waals surface area contributed by atoms with E-state index in [1.807, 2.05) is 18.5 Å². The number of hydrogen-bond donors (Lipinski definition) is 1. The first-order valence-corrected chi connectivity index (χ1v) is 8.33. The summed E-state index contributed by atoms with van der Waals surface area (Å²) < 4.78 is 1.97. The molecule has 1 aliphatic carbocycles. The van der Waals surface area contributed by atoms with Gasteiger partial charge in [-0.3, -0.25) is 4.79 Å². The van der Waals surface area contributed by atoms with Crippen molar-refractivity contribution in [3.8, 4) is 6.07 Å². The molecule has 1 aromatic carbocycles. The minimum absolute atomic E-state index is 0.124. The normalized spacial score (nSPS) is 15.0. The van der Waals surface area contributed by atoms with E-state index in [4.69, 9.17) is 5.26 Å². The molecule has 2 aromatic rings. The number of nitriles is 1. The Labute approximate surface area is 138 Å². The molecule has 1 heterocycles. The predicted molar refractivity (Wildman–Crippen MR) is 88.1 cm³/mol. The van der Waals surface area contributed by atoms with Crippen LogP contribution in [0.5, 0.6) is 0 Å². The van der Waals surface area contributed by atoms with Crippen LogP contribution in [0.2, 0.25) is 0 Å². The number of thioether (sulfide) groups is 1. The highest BCUT2D eigenvalue weighted by Gasteiger charge is 2.30. The molecule has 0 radical (unpaired) electrons. The molecule has 0 bridgehead atoms. The third-order valence-electron chi connectivity index (χ3n) is 3.72. The number of rotatable bonds is 5. The zero-order valence-corrected chi connectivity index (χ0v) is 13.8. The number of amides is 1. The summed E-state index contributed by atoms with van der Waals surface area (Å²) in [6.07, 6.45) is 2.34. The van der Waals surface area contributed by atoms with Gasteiger partial charge in [0, 0.05) is 18.7 Å². The minimum atomic E-state index is -0.310. The Bertz CT molecular complexity index is 775. The van der Waals surface area contributed by atoms with Crippen molar-refractivity contribution in [1.82, 2.24) is 14.8 Å². The van der Waals surface area contributed by atoms with E-state index in [1.54, 1.807) is 24.3 Å². The Balaban J connectivity index is 1.64. The van der Waals surface area contributed by atoms with Crippen LogP contribution in [0.25, 0.3) is 0 Å². The second kappa shape index (κ2) is 6.42. The largest absolute Gasteiger partial charge is 0.325 e. The number of benzene rings is 1. The summed E-state index contributed by atoms with van der Waals surface area (Å²) in [4.78, 5) is 12.3. The van der Waals surface area contributed by atoms with Crippen molar-refractivity contribution in [2.24, 2.45) is 7.05 Å². The molecule has 1 atom stereocenters. The molecule has 1 aromatic heterocycles. The van der Waals surface area contributed by atoms with Crippen LogP contribution in [0.4, 0.5) is 5.69 Å².